The van der Waals surface area contributed by atoms with E-state index in [1.807, 2.05) is 58.2 Å². The molecule has 1 aliphatic rings. The summed E-state index contributed by atoms with van der Waals surface area (Å²) in [5.41, 5.74) is 4.99. The maximum absolute atomic E-state index is 12.8. The Bertz CT molecular complexity index is 836. The van der Waals surface area contributed by atoms with Crippen LogP contribution < -0.4 is 10.6 Å². The van der Waals surface area contributed by atoms with Gasteiger partial charge in [0.2, 0.25) is 11.8 Å². The van der Waals surface area contributed by atoms with E-state index in [9.17, 15) is 9.59 Å². The molecule has 2 aromatic rings. The number of hydrogen-bond acceptors (Lipinski definition) is 3. The van der Waals surface area contributed by atoms with Crippen LogP contribution in [0.3, 0.4) is 0 Å². The number of nitrogens with zero attached hydrogens (tertiary/aromatic N) is 1. The van der Waals surface area contributed by atoms with Gasteiger partial charge in [-0.1, -0.05) is 48.0 Å². The van der Waals surface area contributed by atoms with E-state index >= 15 is 0 Å². The van der Waals surface area contributed by atoms with Gasteiger partial charge in [-0.25, -0.2) is 0 Å². The Morgan fingerprint density at radius 1 is 1.07 bits per heavy atom. The first-order chi connectivity index (χ1) is 13.3. The Morgan fingerprint density at radius 3 is 2.25 bits per heavy atom. The molecule has 1 aliphatic carbocycles. The second kappa shape index (κ2) is 8.57. The highest BCUT2D eigenvalue weighted by Crippen LogP contribution is 2.25. The van der Waals surface area contributed by atoms with E-state index in [1.165, 1.54) is 5.56 Å². The molecular formula is C23H29N3O2. The van der Waals surface area contributed by atoms with Crippen LogP contribution in [0.25, 0.3) is 0 Å². The average molecular weight is 380 g/mol. The molecule has 0 heterocycles. The summed E-state index contributed by atoms with van der Waals surface area (Å²) in [4.78, 5) is 27.4. The van der Waals surface area contributed by atoms with Gasteiger partial charge in [0.1, 0.15) is 6.04 Å². The molecular weight excluding hydrogens is 350 g/mol. The normalized spacial score (nSPS) is 14.6. The summed E-state index contributed by atoms with van der Waals surface area (Å²) in [5, 5.41) is 6.09. The highest BCUT2D eigenvalue weighted by atomic mass is 16.2. The van der Waals surface area contributed by atoms with Crippen LogP contribution in [0.4, 0.5) is 5.69 Å². The van der Waals surface area contributed by atoms with Crippen molar-refractivity contribution in [3.63, 3.8) is 0 Å². The summed E-state index contributed by atoms with van der Waals surface area (Å²) in [7, 11) is 1.82. The maximum atomic E-state index is 12.8. The van der Waals surface area contributed by atoms with Crippen molar-refractivity contribution < 1.29 is 9.59 Å². The van der Waals surface area contributed by atoms with Crippen molar-refractivity contribution in [2.24, 2.45) is 0 Å². The number of amides is 2. The van der Waals surface area contributed by atoms with E-state index in [-0.39, 0.29) is 24.4 Å². The lowest BCUT2D eigenvalue weighted by Gasteiger charge is -2.27. The van der Waals surface area contributed by atoms with Gasteiger partial charge in [0.15, 0.2) is 0 Å². The quantitative estimate of drug-likeness (QED) is 0.774. The topological polar surface area (TPSA) is 61.4 Å². The van der Waals surface area contributed by atoms with Crippen LogP contribution in [-0.2, 0) is 9.59 Å². The van der Waals surface area contributed by atoms with Crippen molar-refractivity contribution in [2.45, 2.75) is 45.7 Å². The molecule has 2 N–H and O–H groups in total. The molecule has 2 amide bonds. The fourth-order valence-electron chi connectivity index (χ4n) is 3.62. The third-order valence-electron chi connectivity index (χ3n) is 5.06. The fraction of sp³-hybridized carbons (Fsp3) is 0.391. The third-order valence-corrected chi connectivity index (χ3v) is 5.06. The SMILES string of the molecule is Cc1cc(C)c(NC(=O)CN(C)[C@H](C(=O)NC2CC2)c2ccccc2)c(C)c1. The standard InChI is InChI=1S/C23H29N3O2/c1-15-12-16(2)21(17(3)13-15)25-20(27)14-26(4)22(18-8-6-5-7-9-18)23(28)24-19-10-11-19/h5-9,12-13,19,22H,10-11,14H2,1-4H3,(H,24,28)(H,25,27)/t22-/m0/s1. The lowest BCUT2D eigenvalue weighted by molar-refractivity contribution is -0.127. The van der Waals surface area contributed by atoms with Gasteiger partial charge in [-0.15, -0.1) is 0 Å². The van der Waals surface area contributed by atoms with Crippen molar-refractivity contribution in [3.05, 3.63) is 64.7 Å². The molecule has 148 valence electrons. The largest absolute Gasteiger partial charge is 0.352 e. The minimum Gasteiger partial charge on any atom is -0.352 e. The monoisotopic (exact) mass is 379 g/mol. The molecule has 0 aromatic heterocycles. The summed E-state index contributed by atoms with van der Waals surface area (Å²) in [6.45, 7) is 6.16. The van der Waals surface area contributed by atoms with Crippen molar-refractivity contribution >= 4 is 17.5 Å². The number of benzene rings is 2. The van der Waals surface area contributed by atoms with Crippen molar-refractivity contribution in [3.8, 4) is 0 Å². The third kappa shape index (κ3) is 4.98. The molecule has 28 heavy (non-hydrogen) atoms. The first-order valence-corrected chi connectivity index (χ1v) is 9.78. The summed E-state index contributed by atoms with van der Waals surface area (Å²) < 4.78 is 0. The van der Waals surface area contributed by atoms with Crippen LogP contribution in [0.15, 0.2) is 42.5 Å². The Labute approximate surface area is 167 Å². The van der Waals surface area contributed by atoms with Crippen molar-refractivity contribution in [1.29, 1.82) is 0 Å². The molecule has 0 aliphatic heterocycles. The molecule has 0 spiro atoms. The zero-order chi connectivity index (χ0) is 20.3. The van der Waals surface area contributed by atoms with Gasteiger partial charge < -0.3 is 10.6 Å². The minimum atomic E-state index is -0.493. The predicted molar refractivity (Wildman–Crippen MR) is 112 cm³/mol. The highest BCUT2D eigenvalue weighted by molar-refractivity contribution is 5.94. The zero-order valence-electron chi connectivity index (χ0n) is 17.1. The molecule has 0 saturated heterocycles. The molecule has 1 atom stereocenters. The van der Waals surface area contributed by atoms with Crippen LogP contribution in [0.1, 0.15) is 41.1 Å². The number of aryl methyl sites for hydroxylation is 3. The van der Waals surface area contributed by atoms with E-state index in [0.717, 1.165) is 35.2 Å². The summed E-state index contributed by atoms with van der Waals surface area (Å²) in [5.74, 6) is -0.176. The molecule has 2 aromatic carbocycles. The Hall–Kier alpha value is -2.66. The van der Waals surface area contributed by atoms with Crippen LogP contribution in [0.2, 0.25) is 0 Å². The lowest BCUT2D eigenvalue weighted by Crippen LogP contribution is -2.42. The molecule has 0 unspecified atom stereocenters. The van der Waals surface area contributed by atoms with E-state index < -0.39 is 6.04 Å². The summed E-state index contributed by atoms with van der Waals surface area (Å²) in [6, 6.07) is 13.5. The number of carbonyl (C=O) groups is 2. The first-order valence-electron chi connectivity index (χ1n) is 9.78. The Balaban J connectivity index is 1.73. The number of carbonyl (C=O) groups excluding carboxylic acids is 2. The molecule has 0 bridgehead atoms. The van der Waals surface area contributed by atoms with Gasteiger partial charge >= 0.3 is 0 Å². The van der Waals surface area contributed by atoms with E-state index in [4.69, 9.17) is 0 Å². The van der Waals surface area contributed by atoms with Crippen LogP contribution in [0, 0.1) is 20.8 Å². The Kier molecular flexibility index (Phi) is 6.15. The molecule has 3 rings (SSSR count). The van der Waals surface area contributed by atoms with Crippen molar-refractivity contribution in [2.75, 3.05) is 18.9 Å². The summed E-state index contributed by atoms with van der Waals surface area (Å²) >= 11 is 0. The fourth-order valence-corrected chi connectivity index (χ4v) is 3.62. The van der Waals surface area contributed by atoms with Crippen LogP contribution in [0.5, 0.6) is 0 Å². The summed E-state index contributed by atoms with van der Waals surface area (Å²) in [6.07, 6.45) is 2.06. The van der Waals surface area contributed by atoms with Gasteiger partial charge in [0.25, 0.3) is 0 Å². The van der Waals surface area contributed by atoms with Crippen LogP contribution in [-0.4, -0.2) is 36.3 Å². The van der Waals surface area contributed by atoms with Gasteiger partial charge in [0, 0.05) is 11.7 Å². The average Bonchev–Trinajstić information content (AvgIpc) is 3.43. The predicted octanol–water partition coefficient (Wildman–Crippen LogP) is 3.50. The molecule has 1 fully saturated rings. The van der Waals surface area contributed by atoms with Crippen molar-refractivity contribution in [1.82, 2.24) is 10.2 Å². The van der Waals surface area contributed by atoms with Gasteiger partial charge in [0.05, 0.1) is 6.54 Å². The smallest absolute Gasteiger partial charge is 0.242 e. The highest BCUT2D eigenvalue weighted by Gasteiger charge is 2.31. The number of hydrogen-bond donors (Lipinski definition) is 2. The Morgan fingerprint density at radius 2 is 1.68 bits per heavy atom. The number of likely N-dealkylation sites (N-methyl/N-ethyl adjacent to an activating group) is 1. The lowest BCUT2D eigenvalue weighted by atomic mass is 10.0. The van der Waals surface area contributed by atoms with E-state index in [0.29, 0.717) is 0 Å². The van der Waals surface area contributed by atoms with Gasteiger partial charge in [-0.05, 0) is 57.4 Å². The van der Waals surface area contributed by atoms with Gasteiger partial charge in [-0.3, -0.25) is 14.5 Å². The first kappa shape index (κ1) is 20.1. The number of anilines is 1. The molecule has 5 nitrogen and oxygen atoms in total. The maximum Gasteiger partial charge on any atom is 0.242 e. The number of nitrogens with one attached hydrogen (secondary N) is 2. The van der Waals surface area contributed by atoms with Crippen LogP contribution >= 0.6 is 0 Å². The van der Waals surface area contributed by atoms with Gasteiger partial charge in [-0.2, -0.15) is 0 Å². The van der Waals surface area contributed by atoms with E-state index in [2.05, 4.69) is 22.8 Å². The molecule has 0 radical (unpaired) electrons. The number of rotatable bonds is 7. The zero-order valence-corrected chi connectivity index (χ0v) is 17.1. The minimum absolute atomic E-state index is 0.0494. The molecule has 1 saturated carbocycles. The molecule has 5 heteroatoms. The second-order valence-electron chi connectivity index (χ2n) is 7.83. The van der Waals surface area contributed by atoms with E-state index in [1.54, 1.807) is 4.90 Å². The second-order valence-corrected chi connectivity index (χ2v) is 7.83.